The van der Waals surface area contributed by atoms with Gasteiger partial charge in [-0.05, 0) is 50.3 Å². The van der Waals surface area contributed by atoms with Gasteiger partial charge in [0.2, 0.25) is 0 Å². The van der Waals surface area contributed by atoms with Crippen molar-refractivity contribution < 1.29 is 0 Å². The summed E-state index contributed by atoms with van der Waals surface area (Å²) < 4.78 is 0. The maximum atomic E-state index is 3.81. The van der Waals surface area contributed by atoms with Crippen LogP contribution in [0.25, 0.3) is 6.08 Å². The van der Waals surface area contributed by atoms with E-state index in [0.717, 1.165) is 25.9 Å². The lowest BCUT2D eigenvalue weighted by atomic mass is 10.0. The van der Waals surface area contributed by atoms with Crippen LogP contribution in [0.4, 0.5) is 0 Å². The van der Waals surface area contributed by atoms with E-state index >= 15 is 0 Å². The summed E-state index contributed by atoms with van der Waals surface area (Å²) in [6.45, 7) is 12.9. The Hall–Kier alpha value is -1.86. The Labute approximate surface area is 141 Å². The first kappa shape index (κ1) is 17.5. The molecule has 0 saturated carbocycles. The molecule has 2 aromatic rings. The largest absolute Gasteiger partial charge is 0.298 e. The van der Waals surface area contributed by atoms with Crippen LogP contribution in [0.1, 0.15) is 37.5 Å². The Balaban J connectivity index is 1.94. The fraction of sp³-hybridized carbons (Fsp3) is 0.364. The average Bonchev–Trinajstić information content (AvgIpc) is 2.55. The highest BCUT2D eigenvalue weighted by Gasteiger charge is 2.20. The zero-order valence-electron chi connectivity index (χ0n) is 14.8. The Morgan fingerprint density at radius 1 is 0.826 bits per heavy atom. The van der Waals surface area contributed by atoms with Crippen LogP contribution in [0.5, 0.6) is 0 Å². The summed E-state index contributed by atoms with van der Waals surface area (Å²) in [6.07, 6.45) is 4.09. The van der Waals surface area contributed by atoms with Crippen LogP contribution in [-0.4, -0.2) is 23.5 Å². The summed E-state index contributed by atoms with van der Waals surface area (Å²) in [5.41, 5.74) is 4.18. The summed E-state index contributed by atoms with van der Waals surface area (Å²) in [6, 6.07) is 19.5. The number of nitrogens with zero attached hydrogens (tertiary/aromatic N) is 1. The molecular weight excluding hydrogens is 278 g/mol. The van der Waals surface area contributed by atoms with Crippen molar-refractivity contribution in [2.75, 3.05) is 13.1 Å². The Morgan fingerprint density at radius 2 is 1.35 bits per heavy atom. The van der Waals surface area contributed by atoms with E-state index in [9.17, 15) is 0 Å². The van der Waals surface area contributed by atoms with E-state index in [1.54, 1.807) is 0 Å². The molecule has 0 fully saturated rings. The van der Waals surface area contributed by atoms with E-state index in [0.29, 0.717) is 0 Å². The predicted octanol–water partition coefficient (Wildman–Crippen LogP) is 5.22. The summed E-state index contributed by atoms with van der Waals surface area (Å²) in [5, 5.41) is 0. The summed E-state index contributed by atoms with van der Waals surface area (Å²) in [4.78, 5) is 2.58. The lowest BCUT2D eigenvalue weighted by Crippen LogP contribution is -2.43. The van der Waals surface area contributed by atoms with Gasteiger partial charge in [-0.1, -0.05) is 67.3 Å². The first-order valence-corrected chi connectivity index (χ1v) is 8.49. The molecular formula is C22H29N. The van der Waals surface area contributed by atoms with Gasteiger partial charge in [0.1, 0.15) is 0 Å². The third kappa shape index (κ3) is 5.69. The van der Waals surface area contributed by atoms with Gasteiger partial charge in [0.15, 0.2) is 0 Å². The Bertz CT molecular complexity index is 590. The molecule has 0 aromatic heterocycles. The molecule has 0 saturated heterocycles. The minimum Gasteiger partial charge on any atom is -0.298 e. The van der Waals surface area contributed by atoms with Crippen LogP contribution in [0.3, 0.4) is 0 Å². The zero-order chi connectivity index (χ0) is 16.7. The third-order valence-corrected chi connectivity index (χ3v) is 4.35. The van der Waals surface area contributed by atoms with E-state index in [-0.39, 0.29) is 5.54 Å². The van der Waals surface area contributed by atoms with Gasteiger partial charge >= 0.3 is 0 Å². The quantitative estimate of drug-likeness (QED) is 0.678. The first-order chi connectivity index (χ1) is 11.0. The fourth-order valence-electron chi connectivity index (χ4n) is 2.78. The highest BCUT2D eigenvalue weighted by atomic mass is 15.2. The summed E-state index contributed by atoms with van der Waals surface area (Å²) in [5.74, 6) is 0. The van der Waals surface area contributed by atoms with E-state index in [1.165, 1.54) is 16.7 Å². The van der Waals surface area contributed by atoms with Crippen molar-refractivity contribution in [3.8, 4) is 0 Å². The molecule has 23 heavy (non-hydrogen) atoms. The van der Waals surface area contributed by atoms with E-state index < -0.39 is 0 Å². The zero-order valence-corrected chi connectivity index (χ0v) is 14.8. The lowest BCUT2D eigenvalue weighted by molar-refractivity contribution is 0.140. The van der Waals surface area contributed by atoms with Crippen molar-refractivity contribution in [3.63, 3.8) is 0 Å². The second kappa shape index (κ2) is 8.12. The number of hydrogen-bond donors (Lipinski definition) is 0. The molecule has 0 atom stereocenters. The molecule has 2 aromatic carbocycles. The van der Waals surface area contributed by atoms with E-state index in [1.807, 2.05) is 6.08 Å². The predicted molar refractivity (Wildman–Crippen MR) is 102 cm³/mol. The van der Waals surface area contributed by atoms with Gasteiger partial charge in [0.05, 0.1) is 0 Å². The molecule has 0 radical (unpaired) electrons. The third-order valence-electron chi connectivity index (χ3n) is 4.35. The van der Waals surface area contributed by atoms with Crippen molar-refractivity contribution in [2.45, 2.75) is 39.2 Å². The van der Waals surface area contributed by atoms with Crippen molar-refractivity contribution >= 4 is 6.08 Å². The Kier molecular flexibility index (Phi) is 6.18. The minimum atomic E-state index is 0.190. The second-order valence-corrected chi connectivity index (χ2v) is 7.09. The number of hydrogen-bond acceptors (Lipinski definition) is 1. The smallest absolute Gasteiger partial charge is 0.0125 e. The molecule has 0 aliphatic carbocycles. The van der Waals surface area contributed by atoms with Gasteiger partial charge in [0.25, 0.3) is 0 Å². The van der Waals surface area contributed by atoms with Gasteiger partial charge in [-0.2, -0.15) is 0 Å². The summed E-state index contributed by atoms with van der Waals surface area (Å²) in [7, 11) is 0. The van der Waals surface area contributed by atoms with Crippen LogP contribution < -0.4 is 0 Å². The lowest BCUT2D eigenvalue weighted by Gasteiger charge is -2.36. The molecule has 0 unspecified atom stereocenters. The van der Waals surface area contributed by atoms with Gasteiger partial charge in [-0.3, -0.25) is 4.90 Å². The molecule has 0 amide bonds. The van der Waals surface area contributed by atoms with Crippen molar-refractivity contribution in [1.29, 1.82) is 0 Å². The molecule has 0 heterocycles. The maximum Gasteiger partial charge on any atom is 0.0125 e. The van der Waals surface area contributed by atoms with Gasteiger partial charge < -0.3 is 0 Å². The standard InChI is InChI=1S/C22H29N/c1-5-19-11-13-21(14-12-19)16-18-23(22(2,3)4)17-15-20-9-7-6-8-10-20/h5-14H,1,15-18H2,2-4H3. The van der Waals surface area contributed by atoms with Gasteiger partial charge in [0, 0.05) is 18.6 Å². The van der Waals surface area contributed by atoms with Gasteiger partial charge in [-0.25, -0.2) is 0 Å². The van der Waals surface area contributed by atoms with Crippen LogP contribution in [0.2, 0.25) is 0 Å². The second-order valence-electron chi connectivity index (χ2n) is 7.09. The monoisotopic (exact) mass is 307 g/mol. The molecule has 0 aliphatic rings. The molecule has 122 valence electrons. The normalized spacial score (nSPS) is 11.7. The highest BCUT2D eigenvalue weighted by molar-refractivity contribution is 5.47. The Morgan fingerprint density at radius 3 is 1.83 bits per heavy atom. The molecule has 1 nitrogen and oxygen atoms in total. The van der Waals surface area contributed by atoms with E-state index in [2.05, 4.69) is 86.8 Å². The molecule has 2 rings (SSSR count). The van der Waals surface area contributed by atoms with Crippen molar-refractivity contribution in [1.82, 2.24) is 4.90 Å². The molecule has 1 heteroatoms. The van der Waals surface area contributed by atoms with Crippen LogP contribution in [0, 0.1) is 0 Å². The fourth-order valence-corrected chi connectivity index (χ4v) is 2.78. The van der Waals surface area contributed by atoms with E-state index in [4.69, 9.17) is 0 Å². The molecule has 0 spiro atoms. The summed E-state index contributed by atoms with van der Waals surface area (Å²) >= 11 is 0. The molecule has 0 aliphatic heterocycles. The minimum absolute atomic E-state index is 0.190. The number of rotatable bonds is 7. The number of benzene rings is 2. The van der Waals surface area contributed by atoms with Crippen molar-refractivity contribution in [2.24, 2.45) is 0 Å². The first-order valence-electron chi connectivity index (χ1n) is 8.49. The van der Waals surface area contributed by atoms with Crippen molar-refractivity contribution in [3.05, 3.63) is 77.9 Å². The van der Waals surface area contributed by atoms with Crippen LogP contribution >= 0.6 is 0 Å². The maximum absolute atomic E-state index is 3.81. The molecule has 0 N–H and O–H groups in total. The van der Waals surface area contributed by atoms with Crippen LogP contribution in [-0.2, 0) is 12.8 Å². The average molecular weight is 307 g/mol. The van der Waals surface area contributed by atoms with Gasteiger partial charge in [-0.15, -0.1) is 0 Å². The molecule has 0 bridgehead atoms. The SMILES string of the molecule is C=Cc1ccc(CCN(CCc2ccccc2)C(C)(C)C)cc1. The topological polar surface area (TPSA) is 3.24 Å². The highest BCUT2D eigenvalue weighted by Crippen LogP contribution is 2.16. The van der Waals surface area contributed by atoms with Crippen LogP contribution in [0.15, 0.2) is 61.2 Å².